The average Bonchev–Trinajstić information content (AvgIpc) is 2.48. The summed E-state index contributed by atoms with van der Waals surface area (Å²) in [4.78, 5) is 50.6. The molecule has 0 spiro atoms. The number of fused-ring (bicyclic) bond motifs is 2. The van der Waals surface area contributed by atoms with Crippen LogP contribution in [0.4, 0.5) is 0 Å². The number of pyridine rings is 2. The predicted octanol–water partition coefficient (Wildman–Crippen LogP) is -7.24. The van der Waals surface area contributed by atoms with Gasteiger partial charge >= 0.3 is 59.1 Å². The monoisotopic (exact) mass is 378 g/mol. The topological polar surface area (TPSA) is 146 Å². The number of halogens is 1. The molecular formula is C14H5ClN2Na2O6. The summed E-state index contributed by atoms with van der Waals surface area (Å²) in [5, 5.41) is 21.6. The van der Waals surface area contributed by atoms with Crippen LogP contribution in [0, 0.1) is 0 Å². The van der Waals surface area contributed by atoms with Crippen LogP contribution in [0.15, 0.2) is 27.8 Å². The van der Waals surface area contributed by atoms with Crippen molar-refractivity contribution in [1.29, 1.82) is 0 Å². The number of aromatic nitrogens is 2. The Hall–Kier alpha value is -1.13. The van der Waals surface area contributed by atoms with Crippen molar-refractivity contribution in [2.75, 3.05) is 0 Å². The van der Waals surface area contributed by atoms with Gasteiger partial charge in [-0.25, -0.2) is 0 Å². The second kappa shape index (κ2) is 8.05. The van der Waals surface area contributed by atoms with Gasteiger partial charge in [-0.15, -0.1) is 0 Å². The molecule has 0 saturated heterocycles. The maximum absolute atomic E-state index is 12.0. The van der Waals surface area contributed by atoms with Crippen LogP contribution in [0.2, 0.25) is 5.02 Å². The van der Waals surface area contributed by atoms with E-state index < -0.39 is 34.2 Å². The van der Waals surface area contributed by atoms with Gasteiger partial charge in [-0.3, -0.25) is 9.59 Å². The van der Waals surface area contributed by atoms with E-state index in [1.54, 1.807) is 0 Å². The van der Waals surface area contributed by atoms with Gasteiger partial charge in [0, 0.05) is 22.9 Å². The summed E-state index contributed by atoms with van der Waals surface area (Å²) in [6.45, 7) is 0. The maximum Gasteiger partial charge on any atom is 1.00 e. The molecule has 2 heterocycles. The number of carbonyl (C=O) groups is 2. The summed E-state index contributed by atoms with van der Waals surface area (Å²) < 4.78 is 0. The molecule has 0 atom stereocenters. The molecule has 0 unspecified atom stereocenters. The van der Waals surface area contributed by atoms with Crippen LogP contribution in [0.25, 0.3) is 21.8 Å². The number of benzene rings is 1. The summed E-state index contributed by atoms with van der Waals surface area (Å²) in [6, 6.07) is 2.82. The standard InChI is InChI=1S/C14H7ClN2O6.2Na/c15-10-11-4(8(18)2-6(16-11)13(20)21)1-5-9(19)3-7(14(22)23)17-12(5)10;;/h1-3H,(H,16,18)(H,17,19)(H,20,21)(H,22,23);;/q;2*+1/p-2. The van der Waals surface area contributed by atoms with Gasteiger partial charge in [0.1, 0.15) is 0 Å². The van der Waals surface area contributed by atoms with Crippen LogP contribution in [0.5, 0.6) is 0 Å². The predicted molar refractivity (Wildman–Crippen MR) is 76.4 cm³/mol. The zero-order valence-corrected chi connectivity index (χ0v) is 17.8. The zero-order chi connectivity index (χ0) is 16.9. The molecule has 0 bridgehead atoms. The van der Waals surface area contributed by atoms with Crippen LogP contribution < -0.4 is 80.2 Å². The molecule has 1 aromatic carbocycles. The summed E-state index contributed by atoms with van der Waals surface area (Å²) in [5.74, 6) is -3.23. The van der Waals surface area contributed by atoms with E-state index >= 15 is 0 Å². The Kier molecular flexibility index (Phi) is 7.05. The third kappa shape index (κ3) is 3.85. The second-order valence-electron chi connectivity index (χ2n) is 4.71. The van der Waals surface area contributed by atoms with E-state index in [2.05, 4.69) is 9.97 Å². The van der Waals surface area contributed by atoms with Crippen molar-refractivity contribution in [3.05, 3.63) is 55.1 Å². The Bertz CT molecular complexity index is 1050. The molecule has 0 amide bonds. The molecule has 0 aliphatic heterocycles. The van der Waals surface area contributed by atoms with Crippen molar-refractivity contribution in [1.82, 2.24) is 9.97 Å². The summed E-state index contributed by atoms with van der Waals surface area (Å²) in [5.41, 5.74) is -2.46. The minimum atomic E-state index is -1.61. The molecule has 3 aromatic rings. The van der Waals surface area contributed by atoms with Crippen LogP contribution in [0.3, 0.4) is 0 Å². The van der Waals surface area contributed by atoms with Crippen molar-refractivity contribution < 1.29 is 78.9 Å². The van der Waals surface area contributed by atoms with Crippen LogP contribution in [0.1, 0.15) is 21.0 Å². The third-order valence-electron chi connectivity index (χ3n) is 3.31. The van der Waals surface area contributed by atoms with E-state index in [1.165, 1.54) is 6.07 Å². The number of carboxylic acid groups (broad SMARTS) is 2. The first-order valence-corrected chi connectivity index (χ1v) is 6.52. The van der Waals surface area contributed by atoms with Gasteiger partial charge in [-0.2, -0.15) is 0 Å². The second-order valence-corrected chi connectivity index (χ2v) is 5.08. The number of rotatable bonds is 2. The first-order chi connectivity index (χ1) is 10.8. The molecule has 8 nitrogen and oxygen atoms in total. The molecular weight excluding hydrogens is 374 g/mol. The van der Waals surface area contributed by atoms with Gasteiger partial charge in [0.25, 0.3) is 0 Å². The molecule has 3 rings (SSSR count). The van der Waals surface area contributed by atoms with Gasteiger partial charge in [0.05, 0.1) is 39.4 Å². The molecule has 116 valence electrons. The zero-order valence-electron chi connectivity index (χ0n) is 13.1. The molecule has 0 radical (unpaired) electrons. The molecule has 0 aliphatic carbocycles. The SMILES string of the molecule is O=C([O-])c1cc(=O)c2cc3c(=O)cc(C(=O)[O-])[nH]c3c(Cl)c2[nH]1.[Na+].[Na+]. The van der Waals surface area contributed by atoms with Gasteiger partial charge in [-0.05, 0) is 6.07 Å². The number of aromatic amines is 2. The van der Waals surface area contributed by atoms with E-state index in [4.69, 9.17) is 11.6 Å². The van der Waals surface area contributed by atoms with Crippen molar-refractivity contribution >= 4 is 45.3 Å². The number of hydrogen-bond donors (Lipinski definition) is 2. The quantitative estimate of drug-likeness (QED) is 0.334. The molecule has 11 heteroatoms. The van der Waals surface area contributed by atoms with Gasteiger partial charge in [-0.1, -0.05) is 11.6 Å². The number of H-pyrrole nitrogens is 2. The fourth-order valence-corrected chi connectivity index (χ4v) is 2.56. The van der Waals surface area contributed by atoms with Gasteiger partial charge in [0.2, 0.25) is 0 Å². The number of hydrogen-bond acceptors (Lipinski definition) is 6. The van der Waals surface area contributed by atoms with Gasteiger partial charge < -0.3 is 29.8 Å². The largest absolute Gasteiger partial charge is 1.00 e. The minimum Gasteiger partial charge on any atom is -0.543 e. The smallest absolute Gasteiger partial charge is 0.543 e. The van der Waals surface area contributed by atoms with Crippen LogP contribution >= 0.6 is 11.6 Å². The first-order valence-electron chi connectivity index (χ1n) is 6.15. The number of aromatic carboxylic acids is 2. The third-order valence-corrected chi connectivity index (χ3v) is 3.69. The van der Waals surface area contributed by atoms with Crippen LogP contribution in [-0.2, 0) is 0 Å². The Morgan fingerprint density at radius 2 is 1.16 bits per heavy atom. The molecule has 2 aromatic heterocycles. The molecule has 25 heavy (non-hydrogen) atoms. The molecule has 0 saturated carbocycles. The molecule has 2 N–H and O–H groups in total. The first kappa shape index (κ1) is 21.9. The Labute approximate surface area is 187 Å². The maximum atomic E-state index is 12.0. The fraction of sp³-hybridized carbons (Fsp3) is 0. The molecule has 0 fully saturated rings. The summed E-state index contributed by atoms with van der Waals surface area (Å²) >= 11 is 6.10. The summed E-state index contributed by atoms with van der Waals surface area (Å²) in [6.07, 6.45) is 0. The van der Waals surface area contributed by atoms with Crippen molar-refractivity contribution in [3.63, 3.8) is 0 Å². The molecule has 0 aliphatic rings. The van der Waals surface area contributed by atoms with E-state index in [0.717, 1.165) is 12.1 Å². The van der Waals surface area contributed by atoms with Crippen LogP contribution in [-0.4, -0.2) is 21.9 Å². The minimum absolute atomic E-state index is 0. The van der Waals surface area contributed by atoms with Crippen molar-refractivity contribution in [3.8, 4) is 0 Å². The van der Waals surface area contributed by atoms with E-state index in [0.29, 0.717) is 0 Å². The normalized spacial score (nSPS) is 10.1. The number of carbonyl (C=O) groups excluding carboxylic acids is 2. The Morgan fingerprint density at radius 3 is 1.48 bits per heavy atom. The Morgan fingerprint density at radius 1 is 0.800 bits per heavy atom. The van der Waals surface area contributed by atoms with Gasteiger partial charge in [0.15, 0.2) is 10.9 Å². The average molecular weight is 379 g/mol. The Balaban J connectivity index is 0.00000156. The van der Waals surface area contributed by atoms with Crippen molar-refractivity contribution in [2.24, 2.45) is 0 Å². The number of nitrogens with one attached hydrogen (secondary N) is 2. The number of carboxylic acids is 2. The van der Waals surface area contributed by atoms with Crippen molar-refractivity contribution in [2.45, 2.75) is 0 Å². The fourth-order valence-electron chi connectivity index (χ4n) is 2.26. The van der Waals surface area contributed by atoms with E-state index in [1.807, 2.05) is 0 Å². The van der Waals surface area contributed by atoms with E-state index in [9.17, 15) is 29.4 Å². The van der Waals surface area contributed by atoms with E-state index in [-0.39, 0.29) is 85.9 Å². The summed E-state index contributed by atoms with van der Waals surface area (Å²) in [7, 11) is 0.